The normalized spacial score (nSPS) is 12.4. The summed E-state index contributed by atoms with van der Waals surface area (Å²) in [5.74, 6) is -0.658. The van der Waals surface area contributed by atoms with Crippen molar-refractivity contribution in [3.05, 3.63) is 41.7 Å². The lowest BCUT2D eigenvalue weighted by atomic mass is 10.0. The van der Waals surface area contributed by atoms with Gasteiger partial charge in [-0.05, 0) is 29.0 Å². The third-order valence-electron chi connectivity index (χ3n) is 2.99. The van der Waals surface area contributed by atoms with Crippen LogP contribution in [0.2, 0.25) is 0 Å². The monoisotopic (exact) mass is 245 g/mol. The van der Waals surface area contributed by atoms with E-state index in [1.165, 1.54) is 7.11 Å². The first kappa shape index (κ1) is 12.5. The molecule has 2 rings (SSSR count). The van der Waals surface area contributed by atoms with Gasteiger partial charge >= 0.3 is 5.97 Å². The van der Waals surface area contributed by atoms with Crippen molar-refractivity contribution in [1.82, 2.24) is 4.98 Å². The van der Waals surface area contributed by atoms with Crippen LogP contribution >= 0.6 is 0 Å². The van der Waals surface area contributed by atoms with Gasteiger partial charge in [0.25, 0.3) is 0 Å². The molecule has 0 amide bonds. The number of hydrogen-bond acceptors (Lipinski definition) is 4. The minimum atomic E-state index is -1.25. The molecule has 0 bridgehead atoms. The van der Waals surface area contributed by atoms with Crippen LogP contribution < -0.4 is 0 Å². The molecule has 0 aliphatic heterocycles. The molecule has 2 aromatic rings. The molecule has 1 N–H and O–H groups in total. The molecule has 0 spiro atoms. The molecule has 0 aliphatic carbocycles. The van der Waals surface area contributed by atoms with Crippen LogP contribution in [-0.2, 0) is 16.0 Å². The zero-order valence-corrected chi connectivity index (χ0v) is 10.4. The summed E-state index contributed by atoms with van der Waals surface area (Å²) in [6, 6.07) is 5.41. The second-order valence-electron chi connectivity index (χ2n) is 4.06. The van der Waals surface area contributed by atoms with Gasteiger partial charge in [0.2, 0.25) is 0 Å². The molecule has 1 unspecified atom stereocenters. The van der Waals surface area contributed by atoms with E-state index in [0.717, 1.165) is 22.8 Å². The van der Waals surface area contributed by atoms with Gasteiger partial charge in [-0.1, -0.05) is 19.1 Å². The number of pyridine rings is 1. The molecule has 94 valence electrons. The molecule has 0 aliphatic rings. The smallest absolute Gasteiger partial charge is 0.339 e. The highest BCUT2D eigenvalue weighted by Gasteiger charge is 2.18. The van der Waals surface area contributed by atoms with Crippen LogP contribution in [0, 0.1) is 0 Å². The van der Waals surface area contributed by atoms with Crippen molar-refractivity contribution in [2.45, 2.75) is 19.4 Å². The number of carbonyl (C=O) groups is 1. The van der Waals surface area contributed by atoms with E-state index < -0.39 is 12.1 Å². The number of benzene rings is 1. The fourth-order valence-corrected chi connectivity index (χ4v) is 1.96. The van der Waals surface area contributed by atoms with Crippen molar-refractivity contribution < 1.29 is 14.6 Å². The first-order valence-corrected chi connectivity index (χ1v) is 5.79. The molecule has 4 heteroatoms. The molecule has 1 atom stereocenters. The predicted molar refractivity (Wildman–Crippen MR) is 68.1 cm³/mol. The van der Waals surface area contributed by atoms with Crippen molar-refractivity contribution in [2.24, 2.45) is 0 Å². The Hall–Kier alpha value is -1.94. The molecule has 1 heterocycles. The Morgan fingerprint density at radius 3 is 2.89 bits per heavy atom. The van der Waals surface area contributed by atoms with Crippen LogP contribution in [0.1, 0.15) is 24.2 Å². The topological polar surface area (TPSA) is 59.4 Å². The van der Waals surface area contributed by atoms with E-state index in [1.54, 1.807) is 18.3 Å². The molecule has 1 aromatic heterocycles. The Morgan fingerprint density at radius 2 is 2.22 bits per heavy atom. The Labute approximate surface area is 105 Å². The summed E-state index contributed by atoms with van der Waals surface area (Å²) >= 11 is 0. The van der Waals surface area contributed by atoms with Crippen molar-refractivity contribution in [2.75, 3.05) is 7.11 Å². The highest BCUT2D eigenvalue weighted by molar-refractivity contribution is 5.87. The molecule has 0 fully saturated rings. The standard InChI is InChI=1S/C14H15NO3/c1-3-9-7-15-8-11-6-10(4-5-12(9)11)13(16)14(17)18-2/h4-8,13,16H,3H2,1-2H3. The number of methoxy groups -OCH3 is 1. The van der Waals surface area contributed by atoms with E-state index in [1.807, 2.05) is 12.3 Å². The number of rotatable bonds is 3. The van der Waals surface area contributed by atoms with Crippen LogP contribution in [0.5, 0.6) is 0 Å². The Morgan fingerprint density at radius 1 is 1.44 bits per heavy atom. The summed E-state index contributed by atoms with van der Waals surface area (Å²) in [6.45, 7) is 2.06. The summed E-state index contributed by atoms with van der Waals surface area (Å²) < 4.78 is 4.52. The maximum atomic E-state index is 11.3. The minimum Gasteiger partial charge on any atom is -0.467 e. The largest absolute Gasteiger partial charge is 0.467 e. The fourth-order valence-electron chi connectivity index (χ4n) is 1.96. The van der Waals surface area contributed by atoms with Crippen LogP contribution in [0.4, 0.5) is 0 Å². The summed E-state index contributed by atoms with van der Waals surface area (Å²) in [4.78, 5) is 15.4. The van der Waals surface area contributed by atoms with Gasteiger partial charge < -0.3 is 9.84 Å². The van der Waals surface area contributed by atoms with Crippen molar-refractivity contribution in [3.8, 4) is 0 Å². The lowest BCUT2D eigenvalue weighted by molar-refractivity contribution is -0.150. The molecule has 18 heavy (non-hydrogen) atoms. The minimum absolute atomic E-state index is 0.518. The number of ether oxygens (including phenoxy) is 1. The second-order valence-corrected chi connectivity index (χ2v) is 4.06. The van der Waals surface area contributed by atoms with Crippen molar-refractivity contribution >= 4 is 16.7 Å². The van der Waals surface area contributed by atoms with Crippen LogP contribution in [-0.4, -0.2) is 23.2 Å². The number of nitrogens with zero attached hydrogens (tertiary/aromatic N) is 1. The Balaban J connectivity index is 2.48. The van der Waals surface area contributed by atoms with E-state index >= 15 is 0 Å². The third-order valence-corrected chi connectivity index (χ3v) is 2.99. The van der Waals surface area contributed by atoms with E-state index in [4.69, 9.17) is 0 Å². The number of aromatic nitrogens is 1. The summed E-state index contributed by atoms with van der Waals surface area (Å²) in [5, 5.41) is 11.8. The number of aliphatic hydroxyl groups excluding tert-OH is 1. The molecule has 1 aromatic carbocycles. The molecule has 0 radical (unpaired) electrons. The van der Waals surface area contributed by atoms with Gasteiger partial charge in [0.15, 0.2) is 6.10 Å². The lowest BCUT2D eigenvalue weighted by Gasteiger charge is -2.10. The van der Waals surface area contributed by atoms with E-state index in [2.05, 4.69) is 16.6 Å². The van der Waals surface area contributed by atoms with Gasteiger partial charge in [0.1, 0.15) is 0 Å². The van der Waals surface area contributed by atoms with Crippen molar-refractivity contribution in [1.29, 1.82) is 0 Å². The summed E-state index contributed by atoms with van der Waals surface area (Å²) in [7, 11) is 1.25. The quantitative estimate of drug-likeness (QED) is 0.840. The van der Waals surface area contributed by atoms with Gasteiger partial charge in [0, 0.05) is 17.8 Å². The highest BCUT2D eigenvalue weighted by Crippen LogP contribution is 2.23. The van der Waals surface area contributed by atoms with Gasteiger partial charge in [-0.25, -0.2) is 4.79 Å². The lowest BCUT2D eigenvalue weighted by Crippen LogP contribution is -2.13. The van der Waals surface area contributed by atoms with Gasteiger partial charge in [-0.3, -0.25) is 4.98 Å². The third kappa shape index (κ3) is 2.19. The zero-order chi connectivity index (χ0) is 13.1. The number of aliphatic hydroxyl groups is 1. The first-order chi connectivity index (χ1) is 8.67. The average Bonchev–Trinajstić information content (AvgIpc) is 2.44. The fraction of sp³-hybridized carbons (Fsp3) is 0.286. The van der Waals surface area contributed by atoms with Crippen molar-refractivity contribution in [3.63, 3.8) is 0 Å². The highest BCUT2D eigenvalue weighted by atomic mass is 16.5. The van der Waals surface area contributed by atoms with Crippen LogP contribution in [0.3, 0.4) is 0 Å². The molecular weight excluding hydrogens is 230 g/mol. The average molecular weight is 245 g/mol. The van der Waals surface area contributed by atoms with E-state index in [0.29, 0.717) is 5.56 Å². The summed E-state index contributed by atoms with van der Waals surface area (Å²) in [5.41, 5.74) is 1.66. The Kier molecular flexibility index (Phi) is 3.58. The predicted octanol–water partition coefficient (Wildman–Crippen LogP) is 2.00. The molecule has 0 saturated carbocycles. The number of aryl methyl sites for hydroxylation is 1. The van der Waals surface area contributed by atoms with Gasteiger partial charge in [-0.15, -0.1) is 0 Å². The van der Waals surface area contributed by atoms with Crippen LogP contribution in [0.25, 0.3) is 10.8 Å². The number of hydrogen-bond donors (Lipinski definition) is 1. The molecule has 4 nitrogen and oxygen atoms in total. The maximum Gasteiger partial charge on any atom is 0.339 e. The number of fused-ring (bicyclic) bond motifs is 1. The zero-order valence-electron chi connectivity index (χ0n) is 10.4. The maximum absolute atomic E-state index is 11.3. The second kappa shape index (κ2) is 5.14. The molecular formula is C14H15NO3. The SMILES string of the molecule is CCc1cncc2cc(C(O)C(=O)OC)ccc12. The number of esters is 1. The molecule has 0 saturated heterocycles. The first-order valence-electron chi connectivity index (χ1n) is 5.79. The Bertz CT molecular complexity index is 580. The van der Waals surface area contributed by atoms with E-state index in [-0.39, 0.29) is 0 Å². The van der Waals surface area contributed by atoms with Gasteiger partial charge in [0.05, 0.1) is 7.11 Å². The van der Waals surface area contributed by atoms with E-state index in [9.17, 15) is 9.90 Å². The number of carbonyl (C=O) groups excluding carboxylic acids is 1. The van der Waals surface area contributed by atoms with Gasteiger partial charge in [-0.2, -0.15) is 0 Å². The summed E-state index contributed by atoms with van der Waals surface area (Å²) in [6.07, 6.45) is 3.20. The van der Waals surface area contributed by atoms with Crippen LogP contribution in [0.15, 0.2) is 30.6 Å².